The van der Waals surface area contributed by atoms with Crippen LogP contribution in [-0.4, -0.2) is 30.0 Å². The molecule has 0 aliphatic carbocycles. The number of likely N-dealkylation sites (tertiary alicyclic amines) is 1. The smallest absolute Gasteiger partial charge is 0.264 e. The highest BCUT2D eigenvalue weighted by atomic mass is 16.5. The van der Waals surface area contributed by atoms with Crippen LogP contribution in [0.5, 0.6) is 5.75 Å². The van der Waals surface area contributed by atoms with Gasteiger partial charge in [0.05, 0.1) is 0 Å². The summed E-state index contributed by atoms with van der Waals surface area (Å²) in [4.78, 5) is 14.3. The van der Waals surface area contributed by atoms with E-state index in [2.05, 4.69) is 6.07 Å². The van der Waals surface area contributed by atoms with Crippen molar-refractivity contribution in [2.45, 2.75) is 32.3 Å². The lowest BCUT2D eigenvalue weighted by atomic mass is 10.00. The number of piperidine rings is 1. The van der Waals surface area contributed by atoms with E-state index in [0.717, 1.165) is 49.2 Å². The summed E-state index contributed by atoms with van der Waals surface area (Å²) in [6.45, 7) is 3.41. The van der Waals surface area contributed by atoms with E-state index in [9.17, 15) is 10.1 Å². The number of amides is 1. The molecule has 1 atom stereocenters. The molecule has 4 heteroatoms. The quantitative estimate of drug-likeness (QED) is 0.622. The average Bonchev–Trinajstić information content (AvgIpc) is 2.60. The molecule has 118 valence electrons. The molecule has 0 spiro atoms. The number of rotatable bonds is 2. The standard InChI is InChI=1S/C19H20N2O2/c1-14-16(11-15-7-3-4-8-18(15)23-14)12-17(13-20)19(22)21-9-5-2-6-10-21/h3-4,7-8,11-12,14H,2,5-6,9-10H2,1H3/b17-12+/t14-/m0/s1. The predicted octanol–water partition coefficient (Wildman–Crippen LogP) is 3.31. The molecule has 0 saturated carbocycles. The molecule has 3 rings (SSSR count). The lowest BCUT2D eigenvalue weighted by Crippen LogP contribution is -2.36. The van der Waals surface area contributed by atoms with Crippen LogP contribution in [0.4, 0.5) is 0 Å². The van der Waals surface area contributed by atoms with E-state index in [1.807, 2.05) is 37.3 Å². The number of carbonyl (C=O) groups is 1. The maximum absolute atomic E-state index is 12.5. The van der Waals surface area contributed by atoms with Crippen molar-refractivity contribution >= 4 is 12.0 Å². The molecule has 2 heterocycles. The zero-order chi connectivity index (χ0) is 16.2. The van der Waals surface area contributed by atoms with Gasteiger partial charge in [-0.3, -0.25) is 4.79 Å². The summed E-state index contributed by atoms with van der Waals surface area (Å²) in [6, 6.07) is 9.83. The molecule has 1 amide bonds. The summed E-state index contributed by atoms with van der Waals surface area (Å²) in [7, 11) is 0. The fraction of sp³-hybridized carbons (Fsp3) is 0.368. The molecule has 23 heavy (non-hydrogen) atoms. The first kappa shape index (κ1) is 15.4. The van der Waals surface area contributed by atoms with Gasteiger partial charge in [-0.2, -0.15) is 5.26 Å². The van der Waals surface area contributed by atoms with Gasteiger partial charge in [0.1, 0.15) is 23.5 Å². The van der Waals surface area contributed by atoms with Crippen molar-refractivity contribution in [3.63, 3.8) is 0 Å². The minimum absolute atomic E-state index is 0.167. The second-order valence-corrected chi connectivity index (χ2v) is 5.96. The van der Waals surface area contributed by atoms with Gasteiger partial charge in [-0.15, -0.1) is 0 Å². The summed E-state index contributed by atoms with van der Waals surface area (Å²) in [6.07, 6.45) is 6.67. The number of nitriles is 1. The number of benzene rings is 1. The fourth-order valence-corrected chi connectivity index (χ4v) is 3.00. The van der Waals surface area contributed by atoms with Gasteiger partial charge in [-0.1, -0.05) is 18.2 Å². The van der Waals surface area contributed by atoms with Gasteiger partial charge in [-0.05, 0) is 50.0 Å². The first-order chi connectivity index (χ1) is 11.2. The third kappa shape index (κ3) is 3.29. The van der Waals surface area contributed by atoms with E-state index in [4.69, 9.17) is 4.74 Å². The number of carbonyl (C=O) groups excluding carboxylic acids is 1. The van der Waals surface area contributed by atoms with Crippen molar-refractivity contribution in [1.29, 1.82) is 5.26 Å². The number of ether oxygens (including phenoxy) is 1. The minimum atomic E-state index is -0.178. The Bertz CT molecular complexity index is 706. The van der Waals surface area contributed by atoms with Crippen LogP contribution in [0.1, 0.15) is 31.7 Å². The van der Waals surface area contributed by atoms with Gasteiger partial charge in [0.25, 0.3) is 5.91 Å². The first-order valence-electron chi connectivity index (χ1n) is 8.07. The predicted molar refractivity (Wildman–Crippen MR) is 88.6 cm³/mol. The van der Waals surface area contributed by atoms with E-state index in [-0.39, 0.29) is 17.6 Å². The van der Waals surface area contributed by atoms with Gasteiger partial charge in [-0.25, -0.2) is 0 Å². The van der Waals surface area contributed by atoms with Crippen LogP contribution in [0.2, 0.25) is 0 Å². The molecule has 0 aromatic heterocycles. The van der Waals surface area contributed by atoms with Crippen LogP contribution >= 0.6 is 0 Å². The van der Waals surface area contributed by atoms with Crippen molar-refractivity contribution in [2.24, 2.45) is 0 Å². The van der Waals surface area contributed by atoms with Gasteiger partial charge in [0, 0.05) is 18.7 Å². The van der Waals surface area contributed by atoms with Crippen LogP contribution in [0.15, 0.2) is 41.5 Å². The third-order valence-corrected chi connectivity index (χ3v) is 4.32. The molecule has 0 N–H and O–H groups in total. The first-order valence-corrected chi connectivity index (χ1v) is 8.07. The molecular weight excluding hydrogens is 288 g/mol. The molecule has 1 saturated heterocycles. The van der Waals surface area contributed by atoms with Crippen LogP contribution in [0.25, 0.3) is 6.08 Å². The summed E-state index contributed by atoms with van der Waals surface area (Å²) in [5, 5.41) is 9.41. The lowest BCUT2D eigenvalue weighted by molar-refractivity contribution is -0.127. The third-order valence-electron chi connectivity index (χ3n) is 4.32. The Kier molecular flexibility index (Phi) is 4.47. The SMILES string of the molecule is C[C@@H]1Oc2ccccc2C=C1/C=C(\C#N)C(=O)N1CCCCC1. The Hall–Kier alpha value is -2.54. The number of hydrogen-bond acceptors (Lipinski definition) is 3. The van der Waals surface area contributed by atoms with E-state index in [0.29, 0.717) is 0 Å². The fourth-order valence-electron chi connectivity index (χ4n) is 3.00. The summed E-state index contributed by atoms with van der Waals surface area (Å²) in [5.74, 6) is 0.664. The number of nitrogens with zero attached hydrogens (tertiary/aromatic N) is 2. The monoisotopic (exact) mass is 308 g/mol. The Morgan fingerprint density at radius 1 is 1.30 bits per heavy atom. The number of fused-ring (bicyclic) bond motifs is 1. The summed E-state index contributed by atoms with van der Waals surface area (Å²) in [5.41, 5.74) is 2.01. The molecule has 2 aliphatic rings. The molecule has 1 aromatic rings. The average molecular weight is 308 g/mol. The number of hydrogen-bond donors (Lipinski definition) is 0. The highest BCUT2D eigenvalue weighted by Crippen LogP contribution is 2.30. The Morgan fingerprint density at radius 3 is 2.78 bits per heavy atom. The summed E-state index contributed by atoms with van der Waals surface area (Å²) >= 11 is 0. The van der Waals surface area contributed by atoms with Crippen molar-refractivity contribution in [1.82, 2.24) is 4.90 Å². The van der Waals surface area contributed by atoms with E-state index in [1.54, 1.807) is 11.0 Å². The molecule has 0 bridgehead atoms. The second-order valence-electron chi connectivity index (χ2n) is 5.96. The Labute approximate surface area is 136 Å². The number of para-hydroxylation sites is 1. The second kappa shape index (κ2) is 6.70. The molecule has 4 nitrogen and oxygen atoms in total. The minimum Gasteiger partial charge on any atom is -0.485 e. The van der Waals surface area contributed by atoms with Gasteiger partial charge < -0.3 is 9.64 Å². The van der Waals surface area contributed by atoms with Gasteiger partial charge >= 0.3 is 0 Å². The van der Waals surface area contributed by atoms with Crippen molar-refractivity contribution in [3.8, 4) is 11.8 Å². The zero-order valence-corrected chi connectivity index (χ0v) is 13.3. The van der Waals surface area contributed by atoms with Crippen LogP contribution < -0.4 is 4.74 Å². The maximum atomic E-state index is 12.5. The van der Waals surface area contributed by atoms with Crippen molar-refractivity contribution in [3.05, 3.63) is 47.1 Å². The van der Waals surface area contributed by atoms with E-state index >= 15 is 0 Å². The Balaban J connectivity index is 1.87. The summed E-state index contributed by atoms with van der Waals surface area (Å²) < 4.78 is 5.87. The molecule has 1 fully saturated rings. The highest BCUT2D eigenvalue weighted by Gasteiger charge is 2.23. The molecule has 0 unspecified atom stereocenters. The zero-order valence-electron chi connectivity index (χ0n) is 13.3. The van der Waals surface area contributed by atoms with Crippen molar-refractivity contribution < 1.29 is 9.53 Å². The lowest BCUT2D eigenvalue weighted by Gasteiger charge is -2.27. The molecular formula is C19H20N2O2. The molecule has 1 aromatic carbocycles. The van der Waals surface area contributed by atoms with Crippen LogP contribution in [0, 0.1) is 11.3 Å². The molecule has 0 radical (unpaired) electrons. The van der Waals surface area contributed by atoms with E-state index < -0.39 is 0 Å². The van der Waals surface area contributed by atoms with Crippen LogP contribution in [0.3, 0.4) is 0 Å². The van der Waals surface area contributed by atoms with Gasteiger partial charge in [0.15, 0.2) is 0 Å². The van der Waals surface area contributed by atoms with E-state index in [1.165, 1.54) is 0 Å². The topological polar surface area (TPSA) is 53.3 Å². The van der Waals surface area contributed by atoms with Crippen LogP contribution in [-0.2, 0) is 4.79 Å². The van der Waals surface area contributed by atoms with Gasteiger partial charge in [0.2, 0.25) is 0 Å². The maximum Gasteiger partial charge on any atom is 0.264 e. The normalized spacial score (nSPS) is 20.9. The highest BCUT2D eigenvalue weighted by molar-refractivity contribution is 5.98. The Morgan fingerprint density at radius 2 is 2.04 bits per heavy atom. The largest absolute Gasteiger partial charge is 0.485 e. The molecule has 2 aliphatic heterocycles. The van der Waals surface area contributed by atoms with Crippen molar-refractivity contribution in [2.75, 3.05) is 13.1 Å².